The number of rotatable bonds is 5. The molecule has 0 saturated carbocycles. The Labute approximate surface area is 110 Å². The standard InChI is InChI=1S/C9H11ClN4O3S/c1-3-6(5-11)18(15,16)14-9-12-7(10)4-8(13-9)17-2/h4,6H,3H2,1-2H3,(H,12,13,14). The summed E-state index contributed by atoms with van der Waals surface area (Å²) in [6, 6.07) is 3.02. The molecule has 1 aromatic heterocycles. The van der Waals surface area contributed by atoms with Crippen molar-refractivity contribution in [2.24, 2.45) is 0 Å². The van der Waals surface area contributed by atoms with Crippen LogP contribution in [0.2, 0.25) is 5.15 Å². The topological polar surface area (TPSA) is 105 Å². The SMILES string of the molecule is CCC(C#N)S(=O)(=O)Nc1nc(Cl)cc(OC)n1. The Morgan fingerprint density at radius 3 is 2.78 bits per heavy atom. The Kier molecular flexibility index (Phi) is 4.69. The highest BCUT2D eigenvalue weighted by molar-refractivity contribution is 7.93. The van der Waals surface area contributed by atoms with Crippen LogP contribution in [0.25, 0.3) is 0 Å². The van der Waals surface area contributed by atoms with Crippen LogP contribution >= 0.6 is 11.6 Å². The zero-order chi connectivity index (χ0) is 13.8. The quantitative estimate of drug-likeness (QED) is 0.816. The second-order valence-electron chi connectivity index (χ2n) is 3.23. The van der Waals surface area contributed by atoms with E-state index in [1.54, 1.807) is 13.0 Å². The molecule has 0 radical (unpaired) electrons. The van der Waals surface area contributed by atoms with Crippen molar-refractivity contribution in [3.8, 4) is 11.9 Å². The first-order valence-electron chi connectivity index (χ1n) is 4.92. The molecule has 0 saturated heterocycles. The maximum absolute atomic E-state index is 11.8. The van der Waals surface area contributed by atoms with Gasteiger partial charge in [-0.1, -0.05) is 18.5 Å². The average Bonchev–Trinajstić information content (AvgIpc) is 2.28. The molecule has 7 nitrogen and oxygen atoms in total. The zero-order valence-corrected chi connectivity index (χ0v) is 11.3. The monoisotopic (exact) mass is 290 g/mol. The number of nitrogens with zero attached hydrogens (tertiary/aromatic N) is 3. The van der Waals surface area contributed by atoms with Gasteiger partial charge >= 0.3 is 0 Å². The smallest absolute Gasteiger partial charge is 0.251 e. The Bertz CT molecular complexity index is 570. The zero-order valence-electron chi connectivity index (χ0n) is 9.71. The fourth-order valence-electron chi connectivity index (χ4n) is 1.13. The van der Waals surface area contributed by atoms with Crippen LogP contribution in [-0.2, 0) is 10.0 Å². The molecule has 1 aromatic rings. The third-order valence-electron chi connectivity index (χ3n) is 2.00. The maximum Gasteiger partial charge on any atom is 0.251 e. The van der Waals surface area contributed by atoms with Gasteiger partial charge in [0.15, 0.2) is 5.25 Å². The van der Waals surface area contributed by atoms with E-state index in [2.05, 4.69) is 14.7 Å². The molecular weight excluding hydrogens is 280 g/mol. The van der Waals surface area contributed by atoms with Gasteiger partial charge in [-0.15, -0.1) is 0 Å². The summed E-state index contributed by atoms with van der Waals surface area (Å²) in [4.78, 5) is 7.46. The average molecular weight is 291 g/mol. The molecule has 0 amide bonds. The molecule has 18 heavy (non-hydrogen) atoms. The molecule has 0 aromatic carbocycles. The van der Waals surface area contributed by atoms with Crippen molar-refractivity contribution in [3.05, 3.63) is 11.2 Å². The van der Waals surface area contributed by atoms with Gasteiger partial charge in [0.2, 0.25) is 11.8 Å². The predicted octanol–water partition coefficient (Wildman–Crippen LogP) is 1.18. The van der Waals surface area contributed by atoms with Gasteiger partial charge in [0.1, 0.15) is 5.15 Å². The highest BCUT2D eigenvalue weighted by Gasteiger charge is 2.24. The summed E-state index contributed by atoms with van der Waals surface area (Å²) in [5, 5.41) is 7.59. The fourth-order valence-corrected chi connectivity index (χ4v) is 2.36. The molecule has 0 bridgehead atoms. The molecule has 0 aliphatic rings. The fraction of sp³-hybridized carbons (Fsp3) is 0.444. The lowest BCUT2D eigenvalue weighted by atomic mass is 10.4. The maximum atomic E-state index is 11.8. The van der Waals surface area contributed by atoms with Crippen LogP contribution in [-0.4, -0.2) is 30.7 Å². The molecule has 0 aliphatic carbocycles. The first kappa shape index (κ1) is 14.5. The minimum absolute atomic E-state index is 0.0320. The van der Waals surface area contributed by atoms with E-state index in [4.69, 9.17) is 21.6 Å². The highest BCUT2D eigenvalue weighted by atomic mass is 35.5. The summed E-state index contributed by atoms with van der Waals surface area (Å²) in [6.45, 7) is 1.59. The van der Waals surface area contributed by atoms with E-state index < -0.39 is 15.3 Å². The number of hydrogen-bond acceptors (Lipinski definition) is 6. The summed E-state index contributed by atoms with van der Waals surface area (Å²) >= 11 is 5.67. The van der Waals surface area contributed by atoms with E-state index in [9.17, 15) is 8.42 Å². The molecule has 0 aliphatic heterocycles. The Morgan fingerprint density at radius 1 is 1.61 bits per heavy atom. The van der Waals surface area contributed by atoms with Crippen molar-refractivity contribution in [2.45, 2.75) is 18.6 Å². The number of aromatic nitrogens is 2. The van der Waals surface area contributed by atoms with E-state index in [-0.39, 0.29) is 23.4 Å². The van der Waals surface area contributed by atoms with Crippen LogP contribution in [0.5, 0.6) is 5.88 Å². The lowest BCUT2D eigenvalue weighted by Gasteiger charge is -2.10. The largest absolute Gasteiger partial charge is 0.481 e. The lowest BCUT2D eigenvalue weighted by Crippen LogP contribution is -2.26. The number of methoxy groups -OCH3 is 1. The van der Waals surface area contributed by atoms with E-state index in [0.29, 0.717) is 0 Å². The summed E-state index contributed by atoms with van der Waals surface area (Å²) < 4.78 is 30.5. The van der Waals surface area contributed by atoms with Gasteiger partial charge in [0.25, 0.3) is 10.0 Å². The third kappa shape index (κ3) is 3.45. The molecule has 1 rings (SSSR count). The van der Waals surface area contributed by atoms with Crippen LogP contribution in [0.1, 0.15) is 13.3 Å². The Balaban J connectivity index is 3.05. The van der Waals surface area contributed by atoms with Gasteiger partial charge in [-0.3, -0.25) is 0 Å². The van der Waals surface area contributed by atoms with E-state index >= 15 is 0 Å². The van der Waals surface area contributed by atoms with Crippen LogP contribution in [0.4, 0.5) is 5.95 Å². The van der Waals surface area contributed by atoms with Gasteiger partial charge in [-0.25, -0.2) is 18.1 Å². The van der Waals surface area contributed by atoms with Gasteiger partial charge in [0.05, 0.1) is 13.2 Å². The summed E-state index contributed by atoms with van der Waals surface area (Å²) in [7, 11) is -2.51. The molecular formula is C9H11ClN4O3S. The molecule has 0 spiro atoms. The van der Waals surface area contributed by atoms with Gasteiger partial charge in [0, 0.05) is 6.07 Å². The predicted molar refractivity (Wildman–Crippen MR) is 65.8 cm³/mol. The van der Waals surface area contributed by atoms with Crippen molar-refractivity contribution in [3.63, 3.8) is 0 Å². The first-order valence-corrected chi connectivity index (χ1v) is 6.85. The van der Waals surface area contributed by atoms with Crippen molar-refractivity contribution in [2.75, 3.05) is 11.8 Å². The number of nitrogens with one attached hydrogen (secondary N) is 1. The second-order valence-corrected chi connectivity index (χ2v) is 5.48. The van der Waals surface area contributed by atoms with Gasteiger partial charge in [-0.05, 0) is 6.42 Å². The number of halogens is 1. The normalized spacial score (nSPS) is 12.6. The Morgan fingerprint density at radius 2 is 2.28 bits per heavy atom. The minimum atomic E-state index is -3.87. The molecule has 98 valence electrons. The number of nitriles is 1. The van der Waals surface area contributed by atoms with E-state index in [1.807, 2.05) is 0 Å². The summed E-state index contributed by atoms with van der Waals surface area (Å²) in [6.07, 6.45) is 0.156. The second kappa shape index (κ2) is 5.84. The van der Waals surface area contributed by atoms with Crippen molar-refractivity contribution >= 4 is 27.6 Å². The molecule has 9 heteroatoms. The summed E-state index contributed by atoms with van der Waals surface area (Å²) in [5.74, 6) is -0.106. The van der Waals surface area contributed by atoms with Crippen LogP contribution < -0.4 is 9.46 Å². The van der Waals surface area contributed by atoms with Crippen molar-refractivity contribution in [1.29, 1.82) is 5.26 Å². The molecule has 1 atom stereocenters. The summed E-state index contributed by atoms with van der Waals surface area (Å²) in [5.41, 5.74) is 0. The number of anilines is 1. The first-order chi connectivity index (χ1) is 8.42. The van der Waals surface area contributed by atoms with E-state index in [1.165, 1.54) is 13.2 Å². The number of hydrogen-bond donors (Lipinski definition) is 1. The van der Waals surface area contributed by atoms with Crippen molar-refractivity contribution in [1.82, 2.24) is 9.97 Å². The highest BCUT2D eigenvalue weighted by Crippen LogP contribution is 2.17. The van der Waals surface area contributed by atoms with Gasteiger partial charge in [-0.2, -0.15) is 10.2 Å². The van der Waals surface area contributed by atoms with Crippen LogP contribution in [0.15, 0.2) is 6.07 Å². The van der Waals surface area contributed by atoms with Crippen molar-refractivity contribution < 1.29 is 13.2 Å². The number of sulfonamides is 1. The molecule has 1 unspecified atom stereocenters. The minimum Gasteiger partial charge on any atom is -0.481 e. The molecule has 1 heterocycles. The van der Waals surface area contributed by atoms with Crippen LogP contribution in [0, 0.1) is 11.3 Å². The Hall–Kier alpha value is -1.59. The third-order valence-corrected chi connectivity index (χ3v) is 3.85. The lowest BCUT2D eigenvalue weighted by molar-refractivity contribution is 0.397. The molecule has 0 fully saturated rings. The van der Waals surface area contributed by atoms with E-state index in [0.717, 1.165) is 0 Å². The molecule has 1 N–H and O–H groups in total. The number of ether oxygens (including phenoxy) is 1. The van der Waals surface area contributed by atoms with Crippen LogP contribution in [0.3, 0.4) is 0 Å². The van der Waals surface area contributed by atoms with Gasteiger partial charge < -0.3 is 4.74 Å².